The summed E-state index contributed by atoms with van der Waals surface area (Å²) in [6.45, 7) is 2.11. The van der Waals surface area contributed by atoms with Gasteiger partial charge in [0.05, 0.1) is 50.7 Å². The van der Waals surface area contributed by atoms with Crippen LogP contribution >= 0.6 is 0 Å². The molecule has 18 atom stereocenters. The van der Waals surface area contributed by atoms with Crippen LogP contribution in [-0.2, 0) is 42.8 Å². The lowest BCUT2D eigenvalue weighted by Crippen LogP contribution is -2.70. The summed E-state index contributed by atoms with van der Waals surface area (Å²) in [4.78, 5) is 38.3. The van der Waals surface area contributed by atoms with Crippen LogP contribution in [0.5, 0.6) is 0 Å². The van der Waals surface area contributed by atoms with Gasteiger partial charge >= 0.3 is 5.97 Å². The molecule has 0 saturated carbocycles. The molecule has 18 unspecified atom stereocenters. The minimum absolute atomic E-state index is 0.213. The van der Waals surface area contributed by atoms with Crippen molar-refractivity contribution >= 4 is 17.8 Å². The fourth-order valence-electron chi connectivity index (χ4n) is 10.6. The number of carbonyl (C=O) groups excluding carboxylic acids is 2. The largest absolute Gasteiger partial charge is 0.477 e. The topological polar surface area (TPSA) is 373 Å². The van der Waals surface area contributed by atoms with Gasteiger partial charge in [-0.15, -0.1) is 0 Å². The zero-order chi connectivity index (χ0) is 59.0. The van der Waals surface area contributed by atoms with Crippen molar-refractivity contribution in [2.75, 3.05) is 26.4 Å². The van der Waals surface area contributed by atoms with Gasteiger partial charge in [0.15, 0.2) is 12.6 Å². The summed E-state index contributed by atoms with van der Waals surface area (Å²) >= 11 is 0. The number of carboxylic acids is 1. The Balaban J connectivity index is 1.67. The summed E-state index contributed by atoms with van der Waals surface area (Å²) in [5, 5.41) is 135. The number of nitrogens with one attached hydrogen (secondary N) is 2. The summed E-state index contributed by atoms with van der Waals surface area (Å²) in [5.74, 6) is -6.11. The highest BCUT2D eigenvalue weighted by Gasteiger charge is 2.60. The lowest BCUT2D eigenvalue weighted by molar-refractivity contribution is -0.386. The molecule has 23 heteroatoms. The molecule has 0 spiro atoms. The van der Waals surface area contributed by atoms with E-state index in [1.54, 1.807) is 0 Å². The highest BCUT2D eigenvalue weighted by molar-refractivity contribution is 5.77. The van der Waals surface area contributed by atoms with Crippen LogP contribution in [-0.4, -0.2) is 215 Å². The minimum Gasteiger partial charge on any atom is -0.477 e. The minimum atomic E-state index is -3.08. The van der Waals surface area contributed by atoms with Crippen LogP contribution < -0.4 is 10.6 Å². The molecule has 0 bridgehead atoms. The molecule has 3 rings (SSSR count). The van der Waals surface area contributed by atoms with Gasteiger partial charge in [-0.25, -0.2) is 4.79 Å². The Labute approximate surface area is 473 Å². The monoisotopic (exact) mass is 1150 g/mol. The van der Waals surface area contributed by atoms with Crippen molar-refractivity contribution in [2.45, 2.75) is 304 Å². The normalized spacial score (nSPS) is 30.7. The summed E-state index contributed by atoms with van der Waals surface area (Å²) in [6.07, 6.45) is 2.50. The third-order valence-corrected chi connectivity index (χ3v) is 15.5. The maximum Gasteiger partial charge on any atom is 0.364 e. The zero-order valence-electron chi connectivity index (χ0n) is 47.9. The number of aliphatic carboxylic acids is 1. The van der Waals surface area contributed by atoms with Crippen LogP contribution in [0.4, 0.5) is 0 Å². The number of unbranched alkanes of at least 4 members (excludes halogenated alkanes) is 21. The maximum atomic E-state index is 13.3. The smallest absolute Gasteiger partial charge is 0.364 e. The number of allylic oxidation sites excluding steroid dienone is 2. The van der Waals surface area contributed by atoms with Crippen LogP contribution in [0.3, 0.4) is 0 Å². The second kappa shape index (κ2) is 39.9. The van der Waals surface area contributed by atoms with Crippen molar-refractivity contribution in [3.63, 3.8) is 0 Å². The number of ether oxygens (including phenoxy) is 6. The van der Waals surface area contributed by atoms with E-state index >= 15 is 0 Å². The van der Waals surface area contributed by atoms with Crippen LogP contribution in [0.1, 0.15) is 194 Å². The van der Waals surface area contributed by atoms with Gasteiger partial charge in [0.2, 0.25) is 11.8 Å². The Kier molecular flexibility index (Phi) is 35.8. The average molecular weight is 1150 g/mol. The van der Waals surface area contributed by atoms with Gasteiger partial charge in [-0.05, 0) is 32.1 Å². The molecule has 80 heavy (non-hydrogen) atoms. The fourth-order valence-corrected chi connectivity index (χ4v) is 10.6. The number of hydrogen-bond donors (Lipinski definition) is 14. The maximum absolute atomic E-state index is 13.3. The molecule has 0 aromatic carbocycles. The van der Waals surface area contributed by atoms with Gasteiger partial charge in [0.25, 0.3) is 5.79 Å². The van der Waals surface area contributed by atoms with E-state index < -0.39 is 148 Å². The Hall–Kier alpha value is -2.53. The van der Waals surface area contributed by atoms with E-state index in [0.717, 1.165) is 71.1 Å². The third kappa shape index (κ3) is 24.2. The predicted molar refractivity (Wildman–Crippen MR) is 292 cm³/mol. The molecule has 0 aliphatic carbocycles. The summed E-state index contributed by atoms with van der Waals surface area (Å²) in [6, 6.07) is -2.53. The molecule has 3 aliphatic heterocycles. The number of aliphatic hydroxyl groups is 11. The Bertz CT molecular complexity index is 1700. The molecule has 3 fully saturated rings. The third-order valence-electron chi connectivity index (χ3n) is 15.5. The van der Waals surface area contributed by atoms with Gasteiger partial charge in [0, 0.05) is 19.8 Å². The molecule has 3 saturated heterocycles. The molecule has 468 valence electrons. The first-order valence-electron chi connectivity index (χ1n) is 30.0. The number of amides is 2. The van der Waals surface area contributed by atoms with Crippen LogP contribution in [0, 0.1) is 0 Å². The molecule has 14 N–H and O–H groups in total. The average Bonchev–Trinajstić information content (AvgIpc) is 3.43. The Morgan fingerprint density at radius 2 is 1.18 bits per heavy atom. The Morgan fingerprint density at radius 1 is 0.637 bits per heavy atom. The fraction of sp³-hybridized carbons (Fsp3) is 0.912. The van der Waals surface area contributed by atoms with Crippen molar-refractivity contribution in [2.24, 2.45) is 0 Å². The van der Waals surface area contributed by atoms with Crippen molar-refractivity contribution in [3.05, 3.63) is 12.2 Å². The highest BCUT2D eigenvalue weighted by atomic mass is 16.8. The zero-order valence-corrected chi connectivity index (χ0v) is 47.9. The van der Waals surface area contributed by atoms with E-state index in [0.29, 0.717) is 19.3 Å². The van der Waals surface area contributed by atoms with Crippen molar-refractivity contribution in [1.82, 2.24) is 10.6 Å². The molecular weight excluding hydrogens is 1050 g/mol. The SMILES string of the molecule is CCCC/C=C\CCCCCCCC(=O)NC(COC1OC(CO)C(OC2OC(CO)C(O)C(OC3(C(=O)O)CC(O)C(NC(C)=O)C(C(O)C(O)CO)O3)C2O)C(O)C1O)C(O)CCCCCCCCCCCCCCCCC. The van der Waals surface area contributed by atoms with Crippen LogP contribution in [0.15, 0.2) is 12.2 Å². The summed E-state index contributed by atoms with van der Waals surface area (Å²) < 4.78 is 34.7. The van der Waals surface area contributed by atoms with Gasteiger partial charge in [-0.1, -0.05) is 154 Å². The first kappa shape index (κ1) is 71.7. The van der Waals surface area contributed by atoms with Gasteiger partial charge in [0.1, 0.15) is 67.1 Å². The molecule has 0 radical (unpaired) electrons. The number of rotatable bonds is 43. The standard InChI is InChI=1S/C57H104N2O21/c1-4-6-8-10-12-14-16-17-18-19-21-22-24-26-28-30-39(64)38(59-44(67)31-29-27-25-23-20-15-13-11-9-7-5-2)36-75-54-49(71)48(70)51(43(35-62)77-54)78-55-50(72)53(47(69)42(34-61)76-55)80-57(56(73)74)32-40(65)45(58-37(3)63)52(79-57)46(68)41(66)33-60/h11,13,38-43,45-55,60-62,64-66,68-72H,4-10,12,14-36H2,1-3H3,(H,58,63)(H,59,67)(H,73,74)/b13-11-. The number of carbonyl (C=O) groups is 3. The van der Waals surface area contributed by atoms with Gasteiger partial charge in [-0.2, -0.15) is 0 Å². The number of hydrogen-bond acceptors (Lipinski definition) is 20. The van der Waals surface area contributed by atoms with Gasteiger partial charge < -0.3 is 100 Å². The van der Waals surface area contributed by atoms with Crippen molar-refractivity contribution in [1.29, 1.82) is 0 Å². The number of aliphatic hydroxyl groups excluding tert-OH is 11. The second-order valence-electron chi connectivity index (χ2n) is 22.2. The Morgan fingerprint density at radius 3 is 1.73 bits per heavy atom. The molecular formula is C57H104N2O21. The second-order valence-corrected chi connectivity index (χ2v) is 22.2. The van der Waals surface area contributed by atoms with Crippen molar-refractivity contribution in [3.8, 4) is 0 Å². The molecule has 3 aliphatic rings. The molecule has 0 aromatic rings. The summed E-state index contributed by atoms with van der Waals surface area (Å²) in [7, 11) is 0. The van der Waals surface area contributed by atoms with Gasteiger partial charge in [-0.3, -0.25) is 9.59 Å². The van der Waals surface area contributed by atoms with Crippen molar-refractivity contribution < 1.29 is 104 Å². The summed E-state index contributed by atoms with van der Waals surface area (Å²) in [5.41, 5.74) is 0. The lowest BCUT2D eigenvalue weighted by Gasteiger charge is -2.50. The molecule has 0 aromatic heterocycles. The van der Waals surface area contributed by atoms with Crippen LogP contribution in [0.2, 0.25) is 0 Å². The molecule has 2 amide bonds. The van der Waals surface area contributed by atoms with E-state index in [9.17, 15) is 75.7 Å². The quantitative estimate of drug-likeness (QED) is 0.0308. The number of carboxylic acid groups (broad SMARTS) is 1. The molecule has 3 heterocycles. The first-order valence-corrected chi connectivity index (χ1v) is 30.0. The van der Waals surface area contributed by atoms with Crippen LogP contribution in [0.25, 0.3) is 0 Å². The predicted octanol–water partition coefficient (Wildman–Crippen LogP) is 2.39. The van der Waals surface area contributed by atoms with E-state index in [1.807, 2.05) is 0 Å². The van der Waals surface area contributed by atoms with E-state index in [1.165, 1.54) is 77.0 Å². The molecule has 23 nitrogen and oxygen atoms in total. The van der Waals surface area contributed by atoms with E-state index in [2.05, 4.69) is 36.6 Å². The van der Waals surface area contributed by atoms with E-state index in [-0.39, 0.29) is 18.9 Å². The first-order chi connectivity index (χ1) is 38.4. The highest BCUT2D eigenvalue weighted by Crippen LogP contribution is 2.38. The van der Waals surface area contributed by atoms with E-state index in [4.69, 9.17) is 28.4 Å². The lowest BCUT2D eigenvalue weighted by atomic mass is 9.88.